The predicted octanol–water partition coefficient (Wildman–Crippen LogP) is 2.47. The number of alkyl carbamates (subject to hydrolysis) is 1. The quantitative estimate of drug-likeness (QED) is 0.810. The second kappa shape index (κ2) is 9.78. The summed E-state index contributed by atoms with van der Waals surface area (Å²) in [6.07, 6.45) is 0.474. The SMILES string of the molecule is CC(C)(C)OC(=O)NCC(=O)N1CCN(C(=O)CCc2ccc(Cl)cc2)CC1. The van der Waals surface area contributed by atoms with E-state index in [0.717, 1.165) is 5.56 Å². The molecule has 0 aromatic heterocycles. The summed E-state index contributed by atoms with van der Waals surface area (Å²) in [6.45, 7) is 7.09. The van der Waals surface area contributed by atoms with Crippen molar-refractivity contribution in [2.24, 2.45) is 0 Å². The lowest BCUT2D eigenvalue weighted by Crippen LogP contribution is -2.52. The van der Waals surface area contributed by atoms with Crippen molar-refractivity contribution in [2.75, 3.05) is 32.7 Å². The van der Waals surface area contributed by atoms with Crippen LogP contribution in [0.3, 0.4) is 0 Å². The van der Waals surface area contributed by atoms with Crippen LogP contribution in [0.25, 0.3) is 0 Å². The Morgan fingerprint density at radius 1 is 1.00 bits per heavy atom. The third-order valence-electron chi connectivity index (χ3n) is 4.31. The standard InChI is InChI=1S/C20H28ClN3O4/c1-20(2,3)28-19(27)22-14-18(26)24-12-10-23(11-13-24)17(25)9-6-15-4-7-16(21)8-5-15/h4-5,7-8H,6,9-14H2,1-3H3,(H,22,27). The highest BCUT2D eigenvalue weighted by Crippen LogP contribution is 2.12. The minimum Gasteiger partial charge on any atom is -0.444 e. The van der Waals surface area contributed by atoms with E-state index in [-0.39, 0.29) is 18.4 Å². The van der Waals surface area contributed by atoms with Crippen LogP contribution in [0.5, 0.6) is 0 Å². The zero-order chi connectivity index (χ0) is 20.7. The smallest absolute Gasteiger partial charge is 0.408 e. The number of ether oxygens (including phenoxy) is 1. The van der Waals surface area contributed by atoms with Gasteiger partial charge in [0.15, 0.2) is 0 Å². The second-order valence-corrected chi connectivity index (χ2v) is 8.18. The van der Waals surface area contributed by atoms with Crippen LogP contribution in [0.15, 0.2) is 24.3 Å². The van der Waals surface area contributed by atoms with Gasteiger partial charge in [-0.3, -0.25) is 9.59 Å². The molecule has 1 aliphatic rings. The van der Waals surface area contributed by atoms with Gasteiger partial charge in [-0.05, 0) is 44.9 Å². The summed E-state index contributed by atoms with van der Waals surface area (Å²) in [5, 5.41) is 3.15. The number of carbonyl (C=O) groups excluding carboxylic acids is 3. The van der Waals surface area contributed by atoms with Gasteiger partial charge in [-0.25, -0.2) is 4.79 Å². The van der Waals surface area contributed by atoms with Crippen molar-refractivity contribution < 1.29 is 19.1 Å². The van der Waals surface area contributed by atoms with Gasteiger partial charge < -0.3 is 19.9 Å². The number of benzene rings is 1. The first-order valence-corrected chi connectivity index (χ1v) is 9.79. The minimum atomic E-state index is -0.614. The molecule has 7 nitrogen and oxygen atoms in total. The highest BCUT2D eigenvalue weighted by Gasteiger charge is 2.24. The van der Waals surface area contributed by atoms with E-state index in [1.165, 1.54) is 0 Å². The van der Waals surface area contributed by atoms with Crippen LogP contribution in [-0.4, -0.2) is 66.0 Å². The van der Waals surface area contributed by atoms with Crippen LogP contribution >= 0.6 is 11.6 Å². The van der Waals surface area contributed by atoms with Gasteiger partial charge in [-0.1, -0.05) is 23.7 Å². The maximum atomic E-state index is 12.4. The van der Waals surface area contributed by atoms with Gasteiger partial charge in [0.1, 0.15) is 12.1 Å². The first-order chi connectivity index (χ1) is 13.1. The van der Waals surface area contributed by atoms with Crippen LogP contribution in [0.2, 0.25) is 5.02 Å². The maximum absolute atomic E-state index is 12.4. The highest BCUT2D eigenvalue weighted by molar-refractivity contribution is 6.30. The molecule has 2 rings (SSSR count). The Morgan fingerprint density at radius 3 is 2.07 bits per heavy atom. The number of piperazine rings is 1. The molecule has 0 atom stereocenters. The molecule has 0 radical (unpaired) electrons. The van der Waals surface area contributed by atoms with Gasteiger partial charge >= 0.3 is 6.09 Å². The van der Waals surface area contributed by atoms with Crippen LogP contribution in [0.1, 0.15) is 32.8 Å². The molecule has 154 valence electrons. The van der Waals surface area contributed by atoms with E-state index in [4.69, 9.17) is 16.3 Å². The zero-order valence-electron chi connectivity index (χ0n) is 16.7. The van der Waals surface area contributed by atoms with Crippen molar-refractivity contribution in [1.29, 1.82) is 0 Å². The summed E-state index contributed by atoms with van der Waals surface area (Å²) in [7, 11) is 0. The topological polar surface area (TPSA) is 79.0 Å². The molecule has 0 aliphatic carbocycles. The average Bonchev–Trinajstić information content (AvgIpc) is 2.64. The molecule has 1 heterocycles. The zero-order valence-corrected chi connectivity index (χ0v) is 17.4. The maximum Gasteiger partial charge on any atom is 0.408 e. The Morgan fingerprint density at radius 2 is 1.54 bits per heavy atom. The summed E-state index contributed by atoms with van der Waals surface area (Å²) in [5.74, 6) is -0.104. The fourth-order valence-corrected chi connectivity index (χ4v) is 2.97. The Labute approximate surface area is 171 Å². The van der Waals surface area contributed by atoms with Gasteiger partial charge in [-0.15, -0.1) is 0 Å². The third-order valence-corrected chi connectivity index (χ3v) is 4.56. The van der Waals surface area contributed by atoms with Gasteiger partial charge in [0.2, 0.25) is 11.8 Å². The monoisotopic (exact) mass is 409 g/mol. The van der Waals surface area contributed by atoms with Crippen molar-refractivity contribution in [3.63, 3.8) is 0 Å². The second-order valence-electron chi connectivity index (χ2n) is 7.74. The Bertz CT molecular complexity index is 692. The summed E-state index contributed by atoms with van der Waals surface area (Å²) in [6, 6.07) is 7.47. The summed E-state index contributed by atoms with van der Waals surface area (Å²) >= 11 is 5.87. The molecule has 0 unspecified atom stereocenters. The van der Waals surface area contributed by atoms with Crippen LogP contribution < -0.4 is 5.32 Å². The van der Waals surface area contributed by atoms with E-state index in [9.17, 15) is 14.4 Å². The molecule has 1 saturated heterocycles. The van der Waals surface area contributed by atoms with Crippen molar-refractivity contribution in [2.45, 2.75) is 39.2 Å². The van der Waals surface area contributed by atoms with Gasteiger partial charge in [0.05, 0.1) is 0 Å². The largest absolute Gasteiger partial charge is 0.444 e. The highest BCUT2D eigenvalue weighted by atomic mass is 35.5. The molecule has 1 N–H and O–H groups in total. The minimum absolute atomic E-state index is 0.0777. The molecule has 1 aromatic carbocycles. The van der Waals surface area contributed by atoms with Gasteiger partial charge in [-0.2, -0.15) is 0 Å². The molecule has 8 heteroatoms. The Kier molecular flexibility index (Phi) is 7.69. The number of nitrogens with zero attached hydrogens (tertiary/aromatic N) is 2. The summed E-state index contributed by atoms with van der Waals surface area (Å²) in [5.41, 5.74) is 0.463. The van der Waals surface area contributed by atoms with Crippen LogP contribution in [0.4, 0.5) is 4.79 Å². The van der Waals surface area contributed by atoms with E-state index in [2.05, 4.69) is 5.32 Å². The number of hydrogen-bond acceptors (Lipinski definition) is 4. The average molecular weight is 410 g/mol. The van der Waals surface area contributed by atoms with E-state index < -0.39 is 11.7 Å². The number of aryl methyl sites for hydroxylation is 1. The number of nitrogens with one attached hydrogen (secondary N) is 1. The van der Waals surface area contributed by atoms with E-state index >= 15 is 0 Å². The van der Waals surface area contributed by atoms with Crippen molar-refractivity contribution >= 4 is 29.5 Å². The van der Waals surface area contributed by atoms with E-state index in [1.807, 2.05) is 24.3 Å². The summed E-state index contributed by atoms with van der Waals surface area (Å²) < 4.78 is 5.11. The third kappa shape index (κ3) is 7.38. The Balaban J connectivity index is 1.69. The predicted molar refractivity (Wildman–Crippen MR) is 107 cm³/mol. The van der Waals surface area contributed by atoms with Gasteiger partial charge in [0.25, 0.3) is 0 Å². The molecule has 3 amide bonds. The summed E-state index contributed by atoms with van der Waals surface area (Å²) in [4.78, 5) is 39.7. The molecule has 1 aromatic rings. The lowest BCUT2D eigenvalue weighted by atomic mass is 10.1. The number of rotatable bonds is 5. The molecule has 0 bridgehead atoms. The molecule has 0 spiro atoms. The van der Waals surface area contributed by atoms with E-state index in [1.54, 1.807) is 30.6 Å². The molecule has 0 saturated carbocycles. The molecule has 1 fully saturated rings. The number of amides is 3. The molecule has 1 aliphatic heterocycles. The number of carbonyl (C=O) groups is 3. The molecular formula is C20H28ClN3O4. The molecular weight excluding hydrogens is 382 g/mol. The lowest BCUT2D eigenvalue weighted by molar-refractivity contribution is -0.139. The normalized spacial score (nSPS) is 14.6. The first-order valence-electron chi connectivity index (χ1n) is 9.41. The lowest BCUT2D eigenvalue weighted by Gasteiger charge is -2.35. The van der Waals surface area contributed by atoms with Gasteiger partial charge in [0, 0.05) is 37.6 Å². The fraction of sp³-hybridized carbons (Fsp3) is 0.550. The number of hydrogen-bond donors (Lipinski definition) is 1. The fourth-order valence-electron chi connectivity index (χ4n) is 2.84. The number of halogens is 1. The van der Waals surface area contributed by atoms with Crippen LogP contribution in [-0.2, 0) is 20.7 Å². The van der Waals surface area contributed by atoms with Crippen molar-refractivity contribution in [3.05, 3.63) is 34.9 Å². The van der Waals surface area contributed by atoms with E-state index in [0.29, 0.717) is 44.0 Å². The van der Waals surface area contributed by atoms with Crippen molar-refractivity contribution in [3.8, 4) is 0 Å². The van der Waals surface area contributed by atoms with Crippen LogP contribution in [0, 0.1) is 0 Å². The molecule has 28 heavy (non-hydrogen) atoms. The first kappa shape index (κ1) is 22.0. The Hall–Kier alpha value is -2.28. The van der Waals surface area contributed by atoms with Crippen molar-refractivity contribution in [1.82, 2.24) is 15.1 Å².